The van der Waals surface area contributed by atoms with Crippen molar-refractivity contribution in [1.29, 1.82) is 0 Å². The number of hydrogen-bond donors (Lipinski definition) is 1. The smallest absolute Gasteiger partial charge is 0.303 e. The van der Waals surface area contributed by atoms with Gasteiger partial charge in [0, 0.05) is 37.7 Å². The quantitative estimate of drug-likeness (QED) is 0.320. The minimum absolute atomic E-state index is 0.167. The van der Waals surface area contributed by atoms with E-state index in [2.05, 4.69) is 35.0 Å². The molecule has 1 N–H and O–H groups in total. The minimum atomic E-state index is -2.43. The van der Waals surface area contributed by atoms with E-state index in [0.717, 1.165) is 43.9 Å². The van der Waals surface area contributed by atoms with Gasteiger partial charge in [0.05, 0.1) is 0 Å². The monoisotopic (exact) mass is 634 g/mol. The van der Waals surface area contributed by atoms with E-state index < -0.39 is 60.7 Å². The molecule has 5 atom stereocenters. The summed E-state index contributed by atoms with van der Waals surface area (Å²) in [6.45, 7) is 8.08. The Labute approximate surface area is 247 Å². The number of aliphatic hydroxyl groups is 1. The van der Waals surface area contributed by atoms with E-state index in [1.54, 1.807) is 12.1 Å². The van der Waals surface area contributed by atoms with Crippen molar-refractivity contribution in [3.05, 3.63) is 68.7 Å². The normalized spacial score (nSPS) is 23.8. The number of hydrogen-bond acceptors (Lipinski definition) is 10. The molecule has 1 saturated heterocycles. The standard InChI is InChI=1S/C30H35BrO10/c1-7-21-8-10-22(11-9-21)13-23-14-24(25(31)12-16(23)2)30(36)29(40-20(6)35)28(39-19(5)34)27(38-18(4)33)26(41-30)15-37-17(3)32/h8-12,14,26-29,36H,7,13,15H2,1-6H3/t26-,27-,28+,29-,30-/m1/s1. The van der Waals surface area contributed by atoms with Crippen molar-refractivity contribution in [3.8, 4) is 0 Å². The highest BCUT2D eigenvalue weighted by molar-refractivity contribution is 9.10. The first-order valence-electron chi connectivity index (χ1n) is 13.2. The largest absolute Gasteiger partial charge is 0.463 e. The molecule has 10 nitrogen and oxygen atoms in total. The fraction of sp³-hybridized carbons (Fsp3) is 0.467. The predicted molar refractivity (Wildman–Crippen MR) is 150 cm³/mol. The fourth-order valence-corrected chi connectivity index (χ4v) is 5.53. The summed E-state index contributed by atoms with van der Waals surface area (Å²) in [4.78, 5) is 48.1. The van der Waals surface area contributed by atoms with E-state index in [0.29, 0.717) is 10.9 Å². The highest BCUT2D eigenvalue weighted by Crippen LogP contribution is 2.44. The Morgan fingerprint density at radius 3 is 1.98 bits per heavy atom. The van der Waals surface area contributed by atoms with Crippen LogP contribution in [0.25, 0.3) is 0 Å². The maximum atomic E-state index is 12.3. The zero-order chi connectivity index (χ0) is 30.5. The van der Waals surface area contributed by atoms with Gasteiger partial charge in [-0.3, -0.25) is 19.2 Å². The molecule has 0 saturated carbocycles. The van der Waals surface area contributed by atoms with E-state index >= 15 is 0 Å². The van der Waals surface area contributed by atoms with E-state index in [9.17, 15) is 24.3 Å². The summed E-state index contributed by atoms with van der Waals surface area (Å²) in [7, 11) is 0. The average molecular weight is 636 g/mol. The van der Waals surface area contributed by atoms with Crippen LogP contribution in [0.2, 0.25) is 0 Å². The third-order valence-electron chi connectivity index (χ3n) is 6.69. The van der Waals surface area contributed by atoms with Crippen LogP contribution < -0.4 is 0 Å². The van der Waals surface area contributed by atoms with Gasteiger partial charge < -0.3 is 28.8 Å². The van der Waals surface area contributed by atoms with Crippen molar-refractivity contribution in [2.45, 2.75) is 84.6 Å². The molecule has 41 heavy (non-hydrogen) atoms. The molecular weight excluding hydrogens is 600 g/mol. The lowest BCUT2D eigenvalue weighted by molar-refractivity contribution is -0.360. The van der Waals surface area contributed by atoms with Crippen molar-refractivity contribution in [3.63, 3.8) is 0 Å². The van der Waals surface area contributed by atoms with Gasteiger partial charge in [-0.2, -0.15) is 0 Å². The van der Waals surface area contributed by atoms with Crippen LogP contribution in [0.3, 0.4) is 0 Å². The lowest BCUT2D eigenvalue weighted by Crippen LogP contribution is -2.66. The molecule has 1 aliphatic rings. The van der Waals surface area contributed by atoms with Crippen molar-refractivity contribution in [2.24, 2.45) is 0 Å². The van der Waals surface area contributed by atoms with Crippen molar-refractivity contribution in [1.82, 2.24) is 0 Å². The third-order valence-corrected chi connectivity index (χ3v) is 7.35. The average Bonchev–Trinajstić information content (AvgIpc) is 2.88. The first kappa shape index (κ1) is 32.2. The number of ether oxygens (including phenoxy) is 5. The van der Waals surface area contributed by atoms with Gasteiger partial charge in [-0.25, -0.2) is 0 Å². The number of halogens is 1. The molecule has 0 aromatic heterocycles. The van der Waals surface area contributed by atoms with E-state index in [4.69, 9.17) is 23.7 Å². The lowest BCUT2D eigenvalue weighted by Gasteiger charge is -2.49. The highest BCUT2D eigenvalue weighted by Gasteiger charge is 2.61. The summed E-state index contributed by atoms with van der Waals surface area (Å²) >= 11 is 3.50. The minimum Gasteiger partial charge on any atom is -0.463 e. The van der Waals surface area contributed by atoms with E-state index in [1.807, 2.05) is 19.1 Å². The molecule has 0 spiro atoms. The van der Waals surface area contributed by atoms with Crippen LogP contribution in [-0.2, 0) is 61.5 Å². The summed E-state index contributed by atoms with van der Waals surface area (Å²) in [5.74, 6) is -5.45. The first-order valence-corrected chi connectivity index (χ1v) is 14.0. The van der Waals surface area contributed by atoms with Crippen LogP contribution in [0.15, 0.2) is 40.9 Å². The molecule has 0 unspecified atom stereocenters. The van der Waals surface area contributed by atoms with E-state index in [-0.39, 0.29) is 5.56 Å². The van der Waals surface area contributed by atoms with Gasteiger partial charge in [0.25, 0.3) is 0 Å². The number of carbonyl (C=O) groups excluding carboxylic acids is 4. The van der Waals surface area contributed by atoms with E-state index in [1.165, 1.54) is 12.5 Å². The van der Waals surface area contributed by atoms with Gasteiger partial charge in [0.15, 0.2) is 12.2 Å². The molecular formula is C30H35BrO10. The van der Waals surface area contributed by atoms with Crippen LogP contribution in [0, 0.1) is 6.92 Å². The number of carbonyl (C=O) groups is 4. The van der Waals surface area contributed by atoms with Gasteiger partial charge in [0.1, 0.15) is 12.7 Å². The Balaban J connectivity index is 2.18. The van der Waals surface area contributed by atoms with Crippen molar-refractivity contribution >= 4 is 39.8 Å². The molecule has 1 aliphatic heterocycles. The van der Waals surface area contributed by atoms with Gasteiger partial charge in [0.2, 0.25) is 11.9 Å². The molecule has 1 heterocycles. The second-order valence-corrected chi connectivity index (χ2v) is 10.8. The lowest BCUT2D eigenvalue weighted by atomic mass is 9.85. The predicted octanol–water partition coefficient (Wildman–Crippen LogP) is 3.81. The maximum Gasteiger partial charge on any atom is 0.303 e. The summed E-state index contributed by atoms with van der Waals surface area (Å²) in [5.41, 5.74) is 4.16. The number of benzene rings is 2. The molecule has 0 bridgehead atoms. The molecule has 222 valence electrons. The maximum absolute atomic E-state index is 12.3. The Bertz CT molecular complexity index is 1290. The van der Waals surface area contributed by atoms with Crippen LogP contribution >= 0.6 is 15.9 Å². The Hall–Kier alpha value is -3.28. The molecule has 0 radical (unpaired) electrons. The molecule has 11 heteroatoms. The second kappa shape index (κ2) is 13.6. The third kappa shape index (κ3) is 7.93. The fourth-order valence-electron chi connectivity index (χ4n) is 4.79. The number of aryl methyl sites for hydroxylation is 2. The molecule has 1 fully saturated rings. The summed E-state index contributed by atoms with van der Waals surface area (Å²) in [5, 5.41) is 12.3. The number of rotatable bonds is 9. The molecule has 3 rings (SSSR count). The van der Waals surface area contributed by atoms with Crippen molar-refractivity contribution < 1.29 is 48.0 Å². The Morgan fingerprint density at radius 2 is 1.44 bits per heavy atom. The summed E-state index contributed by atoms with van der Waals surface area (Å²) < 4.78 is 28.1. The Morgan fingerprint density at radius 1 is 0.878 bits per heavy atom. The topological polar surface area (TPSA) is 135 Å². The van der Waals surface area contributed by atoms with Crippen LogP contribution in [0.5, 0.6) is 0 Å². The molecule has 0 amide bonds. The van der Waals surface area contributed by atoms with Gasteiger partial charge in [-0.1, -0.05) is 47.1 Å². The summed E-state index contributed by atoms with van der Waals surface area (Å²) in [6, 6.07) is 11.7. The van der Waals surface area contributed by atoms with Gasteiger partial charge in [-0.15, -0.1) is 0 Å². The van der Waals surface area contributed by atoms with Gasteiger partial charge >= 0.3 is 23.9 Å². The molecule has 2 aromatic carbocycles. The molecule has 2 aromatic rings. The first-order chi connectivity index (χ1) is 19.2. The highest BCUT2D eigenvalue weighted by atomic mass is 79.9. The van der Waals surface area contributed by atoms with Crippen LogP contribution in [0.1, 0.15) is 62.4 Å². The second-order valence-electron chi connectivity index (χ2n) is 9.94. The van der Waals surface area contributed by atoms with Crippen LogP contribution in [0.4, 0.5) is 0 Å². The number of esters is 4. The summed E-state index contributed by atoms with van der Waals surface area (Å²) in [6.07, 6.45) is -4.44. The Kier molecular flexibility index (Phi) is 10.7. The SMILES string of the molecule is CCc1ccc(Cc2cc([C@@]3(O)O[C@H](COC(C)=O)[C@@H](OC(C)=O)[C@H](OC(C)=O)[C@H]3OC(C)=O)c(Br)cc2C)cc1. The zero-order valence-corrected chi connectivity index (χ0v) is 25.5. The van der Waals surface area contributed by atoms with Crippen molar-refractivity contribution in [2.75, 3.05) is 6.61 Å². The van der Waals surface area contributed by atoms with Gasteiger partial charge in [-0.05, 0) is 54.2 Å². The molecule has 0 aliphatic carbocycles. The zero-order valence-electron chi connectivity index (χ0n) is 23.9. The van der Waals surface area contributed by atoms with Crippen LogP contribution in [-0.4, -0.2) is 60.0 Å².